The van der Waals surface area contributed by atoms with Crippen molar-refractivity contribution in [3.63, 3.8) is 0 Å². The van der Waals surface area contributed by atoms with Crippen LogP contribution in [0.4, 0.5) is 0 Å². The minimum Gasteiger partial charge on any atom is -0.462 e. The highest BCUT2D eigenvalue weighted by Crippen LogP contribution is 2.35. The van der Waals surface area contributed by atoms with Crippen molar-refractivity contribution in [2.24, 2.45) is 0 Å². The van der Waals surface area contributed by atoms with Crippen LogP contribution in [0.25, 0.3) is 0 Å². The Hall–Kier alpha value is -1.20. The van der Waals surface area contributed by atoms with Gasteiger partial charge in [0.25, 0.3) is 0 Å². The predicted octanol–water partition coefficient (Wildman–Crippen LogP) is 1.73. The molecule has 18 heavy (non-hydrogen) atoms. The second-order valence-electron chi connectivity index (χ2n) is 3.53. The molecule has 0 radical (unpaired) electrons. The first kappa shape index (κ1) is 14.9. The molecule has 1 aromatic carbocycles. The van der Waals surface area contributed by atoms with Crippen molar-refractivity contribution in [1.29, 1.82) is 0 Å². The van der Waals surface area contributed by atoms with Gasteiger partial charge in [0, 0.05) is 0 Å². The van der Waals surface area contributed by atoms with E-state index in [4.69, 9.17) is 14.5 Å². The van der Waals surface area contributed by atoms with E-state index < -0.39 is 13.8 Å². The molecule has 1 aromatic rings. The second kappa shape index (κ2) is 7.28. The molecule has 2 N–H and O–H groups in total. The topological polar surface area (TPSA) is 93.1 Å². The van der Waals surface area contributed by atoms with Gasteiger partial charge in [-0.05, 0) is 25.0 Å². The van der Waals surface area contributed by atoms with Crippen LogP contribution in [0.5, 0.6) is 0 Å². The molecule has 6 nitrogen and oxygen atoms in total. The van der Waals surface area contributed by atoms with Crippen LogP contribution in [0.15, 0.2) is 30.3 Å². The molecule has 0 aliphatic carbocycles. The van der Waals surface area contributed by atoms with Gasteiger partial charge >= 0.3 is 13.8 Å². The number of rotatable bonds is 7. The lowest BCUT2D eigenvalue weighted by atomic mass is 10.2. The van der Waals surface area contributed by atoms with Crippen LogP contribution in [-0.4, -0.2) is 29.0 Å². The number of hydrogen-bond donors (Lipinski definition) is 2. The number of phosphoric acid groups is 1. The number of esters is 1. The maximum absolute atomic E-state index is 11.5. The highest BCUT2D eigenvalue weighted by atomic mass is 31.2. The number of phosphoric ester groups is 1. The number of unbranched alkanes of at least 4 members (excludes halogenated alkanes) is 1. The molecule has 0 bridgehead atoms. The monoisotopic (exact) mass is 274 g/mol. The summed E-state index contributed by atoms with van der Waals surface area (Å²) in [6.45, 7) is 0.130. The van der Waals surface area contributed by atoms with Crippen LogP contribution in [0.1, 0.15) is 23.2 Å². The van der Waals surface area contributed by atoms with Crippen LogP contribution in [-0.2, 0) is 13.8 Å². The molecular formula is C11H15O6P. The zero-order valence-electron chi connectivity index (χ0n) is 9.69. The Morgan fingerprint density at radius 3 is 2.33 bits per heavy atom. The summed E-state index contributed by atoms with van der Waals surface area (Å²) in [5.74, 6) is -0.411. The Bertz CT molecular complexity index is 413. The van der Waals surface area contributed by atoms with E-state index >= 15 is 0 Å². The largest absolute Gasteiger partial charge is 0.469 e. The molecule has 0 saturated heterocycles. The molecule has 0 amide bonds. The molecule has 0 heterocycles. The Kier molecular flexibility index (Phi) is 6.01. The Morgan fingerprint density at radius 2 is 1.72 bits per heavy atom. The standard InChI is InChI=1S/C11H15O6P/c12-11(10-6-2-1-3-7-10)16-8-4-5-9-17-18(13,14)15/h1-3,6-7H,4-5,8-9H2,(H2,13,14,15). The highest BCUT2D eigenvalue weighted by Gasteiger charge is 2.12. The molecule has 0 aliphatic heterocycles. The molecule has 0 atom stereocenters. The van der Waals surface area contributed by atoms with Crippen molar-refractivity contribution < 1.29 is 28.4 Å². The zero-order chi connectivity index (χ0) is 13.4. The Labute approximate surface area is 105 Å². The van der Waals surface area contributed by atoms with E-state index in [0.29, 0.717) is 18.4 Å². The summed E-state index contributed by atoms with van der Waals surface area (Å²) in [6, 6.07) is 8.59. The van der Waals surface area contributed by atoms with Crippen molar-refractivity contribution in [2.75, 3.05) is 13.2 Å². The van der Waals surface area contributed by atoms with Gasteiger partial charge in [-0.1, -0.05) is 18.2 Å². The van der Waals surface area contributed by atoms with Gasteiger partial charge in [0.1, 0.15) is 0 Å². The van der Waals surface area contributed by atoms with Gasteiger partial charge < -0.3 is 14.5 Å². The van der Waals surface area contributed by atoms with Gasteiger partial charge in [-0.3, -0.25) is 4.52 Å². The summed E-state index contributed by atoms with van der Waals surface area (Å²) in [5.41, 5.74) is 0.476. The minimum atomic E-state index is -4.39. The van der Waals surface area contributed by atoms with Crippen LogP contribution in [0.2, 0.25) is 0 Å². The molecule has 0 aliphatic rings. The average Bonchev–Trinajstić information content (AvgIpc) is 2.33. The fourth-order valence-electron chi connectivity index (χ4n) is 1.21. The van der Waals surface area contributed by atoms with Crippen LogP contribution in [0.3, 0.4) is 0 Å². The second-order valence-corrected chi connectivity index (χ2v) is 4.77. The molecule has 0 fully saturated rings. The number of carbonyl (C=O) groups is 1. The smallest absolute Gasteiger partial charge is 0.462 e. The summed E-state index contributed by atoms with van der Waals surface area (Å²) in [7, 11) is -4.39. The third kappa shape index (κ3) is 6.51. The first-order valence-electron chi connectivity index (χ1n) is 5.41. The Morgan fingerprint density at radius 1 is 1.11 bits per heavy atom. The lowest BCUT2D eigenvalue weighted by Gasteiger charge is -2.06. The van der Waals surface area contributed by atoms with E-state index in [1.54, 1.807) is 30.3 Å². The van der Waals surface area contributed by atoms with Gasteiger partial charge in [-0.25, -0.2) is 9.36 Å². The van der Waals surface area contributed by atoms with Crippen molar-refractivity contribution in [3.05, 3.63) is 35.9 Å². The number of benzene rings is 1. The van der Waals surface area contributed by atoms with Gasteiger partial charge in [0.15, 0.2) is 0 Å². The lowest BCUT2D eigenvalue weighted by molar-refractivity contribution is 0.0491. The molecule has 100 valence electrons. The minimum absolute atomic E-state index is 0.0623. The van der Waals surface area contributed by atoms with E-state index in [2.05, 4.69) is 4.52 Å². The summed E-state index contributed by atoms with van der Waals surface area (Å²) in [5, 5.41) is 0. The van der Waals surface area contributed by atoms with Crippen molar-refractivity contribution in [1.82, 2.24) is 0 Å². The fraction of sp³-hybridized carbons (Fsp3) is 0.364. The quantitative estimate of drug-likeness (QED) is 0.447. The normalized spacial score (nSPS) is 11.2. The maximum atomic E-state index is 11.5. The van der Waals surface area contributed by atoms with Gasteiger partial charge in [0.2, 0.25) is 0 Å². The third-order valence-corrected chi connectivity index (χ3v) is 2.56. The molecule has 0 unspecified atom stereocenters. The van der Waals surface area contributed by atoms with Crippen molar-refractivity contribution in [3.8, 4) is 0 Å². The van der Waals surface area contributed by atoms with Gasteiger partial charge in [0.05, 0.1) is 18.8 Å². The SMILES string of the molecule is O=C(OCCCCOP(=O)(O)O)c1ccccc1. The van der Waals surface area contributed by atoms with Crippen molar-refractivity contribution in [2.45, 2.75) is 12.8 Å². The molecule has 0 aromatic heterocycles. The maximum Gasteiger partial charge on any atom is 0.469 e. The van der Waals surface area contributed by atoms with E-state index in [-0.39, 0.29) is 13.2 Å². The van der Waals surface area contributed by atoms with E-state index in [1.807, 2.05) is 0 Å². The molecular weight excluding hydrogens is 259 g/mol. The number of carbonyl (C=O) groups excluding carboxylic acids is 1. The summed E-state index contributed by atoms with van der Waals surface area (Å²) < 4.78 is 19.6. The van der Waals surface area contributed by atoms with Crippen LogP contribution < -0.4 is 0 Å². The van der Waals surface area contributed by atoms with Gasteiger partial charge in [-0.15, -0.1) is 0 Å². The lowest BCUT2D eigenvalue weighted by Crippen LogP contribution is -2.06. The summed E-state index contributed by atoms with van der Waals surface area (Å²) >= 11 is 0. The Balaban J connectivity index is 2.12. The van der Waals surface area contributed by atoms with Crippen LogP contribution >= 0.6 is 7.82 Å². The molecule has 0 saturated carbocycles. The first-order valence-corrected chi connectivity index (χ1v) is 6.94. The summed E-state index contributed by atoms with van der Waals surface area (Å²) in [4.78, 5) is 28.3. The first-order chi connectivity index (χ1) is 8.49. The molecule has 1 rings (SSSR count). The van der Waals surface area contributed by atoms with E-state index in [0.717, 1.165) is 0 Å². The van der Waals surface area contributed by atoms with E-state index in [9.17, 15) is 9.36 Å². The zero-order valence-corrected chi connectivity index (χ0v) is 10.6. The average molecular weight is 274 g/mol. The number of hydrogen-bond acceptors (Lipinski definition) is 4. The third-order valence-electron chi connectivity index (χ3n) is 2.04. The molecule has 0 spiro atoms. The highest BCUT2D eigenvalue weighted by molar-refractivity contribution is 7.46. The van der Waals surface area contributed by atoms with Crippen molar-refractivity contribution >= 4 is 13.8 Å². The van der Waals surface area contributed by atoms with Crippen LogP contribution in [0, 0.1) is 0 Å². The predicted molar refractivity (Wildman–Crippen MR) is 64.0 cm³/mol. The summed E-state index contributed by atoms with van der Waals surface area (Å²) in [6.07, 6.45) is 0.895. The molecule has 7 heteroatoms. The number of ether oxygens (including phenoxy) is 1. The van der Waals surface area contributed by atoms with Gasteiger partial charge in [-0.2, -0.15) is 0 Å². The fourth-order valence-corrected chi connectivity index (χ4v) is 1.58. The van der Waals surface area contributed by atoms with E-state index in [1.165, 1.54) is 0 Å².